The fourth-order valence-electron chi connectivity index (χ4n) is 2.10. The van der Waals surface area contributed by atoms with Gasteiger partial charge in [0, 0.05) is 34.0 Å². The first-order chi connectivity index (χ1) is 10.1. The van der Waals surface area contributed by atoms with E-state index in [2.05, 4.69) is 42.8 Å². The van der Waals surface area contributed by atoms with E-state index in [4.69, 9.17) is 0 Å². The minimum absolute atomic E-state index is 0.176. The van der Waals surface area contributed by atoms with Crippen LogP contribution < -0.4 is 0 Å². The summed E-state index contributed by atoms with van der Waals surface area (Å²) in [6.07, 6.45) is 0.525. The molecular weight excluding hydrogens is 394 g/mol. The summed E-state index contributed by atoms with van der Waals surface area (Å²) in [5.41, 5.74) is 1.99. The Morgan fingerprint density at radius 1 is 1.10 bits per heavy atom. The highest BCUT2D eigenvalue weighted by Crippen LogP contribution is 2.18. The molecule has 0 aliphatic rings. The first-order valence-electron chi connectivity index (χ1n) is 6.77. The third-order valence-corrected chi connectivity index (χ3v) is 4.53. The van der Waals surface area contributed by atoms with Crippen LogP contribution in [0.5, 0.6) is 0 Å². The highest BCUT2D eigenvalue weighted by atomic mass is 79.9. The number of rotatable bonds is 6. The van der Waals surface area contributed by atoms with Crippen LogP contribution in [0.3, 0.4) is 0 Å². The van der Waals surface area contributed by atoms with E-state index in [-0.39, 0.29) is 5.78 Å². The summed E-state index contributed by atoms with van der Waals surface area (Å²) in [5, 5.41) is 0. The second kappa shape index (κ2) is 7.87. The van der Waals surface area contributed by atoms with Crippen LogP contribution in [0.1, 0.15) is 22.3 Å². The van der Waals surface area contributed by atoms with E-state index in [1.54, 1.807) is 0 Å². The monoisotopic (exact) mass is 409 g/mol. The van der Waals surface area contributed by atoms with Gasteiger partial charge in [-0.05, 0) is 30.8 Å². The first-order valence-corrected chi connectivity index (χ1v) is 8.35. The zero-order valence-electron chi connectivity index (χ0n) is 11.9. The molecule has 0 saturated carbocycles. The number of hydrogen-bond donors (Lipinski definition) is 0. The number of halogens is 2. The quantitative estimate of drug-likeness (QED) is 0.630. The van der Waals surface area contributed by atoms with E-state index in [9.17, 15) is 4.79 Å². The van der Waals surface area contributed by atoms with E-state index in [1.165, 1.54) is 5.56 Å². The molecule has 0 aliphatic carbocycles. The van der Waals surface area contributed by atoms with Gasteiger partial charge in [0.15, 0.2) is 5.78 Å². The summed E-state index contributed by atoms with van der Waals surface area (Å²) >= 11 is 6.95. The Morgan fingerprint density at radius 3 is 2.57 bits per heavy atom. The van der Waals surface area contributed by atoms with Crippen molar-refractivity contribution in [1.82, 2.24) is 4.90 Å². The van der Waals surface area contributed by atoms with Gasteiger partial charge in [0.1, 0.15) is 0 Å². The Hall–Kier alpha value is -0.970. The van der Waals surface area contributed by atoms with Gasteiger partial charge in [-0.1, -0.05) is 62.2 Å². The molecule has 0 saturated heterocycles. The van der Waals surface area contributed by atoms with Gasteiger partial charge in [0.25, 0.3) is 0 Å². The topological polar surface area (TPSA) is 20.3 Å². The molecule has 0 fully saturated rings. The zero-order valence-corrected chi connectivity index (χ0v) is 15.0. The number of benzene rings is 2. The van der Waals surface area contributed by atoms with Gasteiger partial charge < -0.3 is 4.90 Å². The lowest BCUT2D eigenvalue weighted by Crippen LogP contribution is -2.21. The molecule has 2 aromatic rings. The van der Waals surface area contributed by atoms with Crippen molar-refractivity contribution in [2.45, 2.75) is 13.0 Å². The predicted octanol–water partition coefficient (Wildman–Crippen LogP) is 4.92. The van der Waals surface area contributed by atoms with Gasteiger partial charge in [-0.2, -0.15) is 0 Å². The second-order valence-electron chi connectivity index (χ2n) is 5.01. The van der Waals surface area contributed by atoms with E-state index < -0.39 is 0 Å². The molecule has 4 heteroatoms. The maximum atomic E-state index is 12.2. The van der Waals surface area contributed by atoms with E-state index >= 15 is 0 Å². The summed E-state index contributed by atoms with van der Waals surface area (Å²) in [7, 11) is 2.04. The molecule has 0 N–H and O–H groups in total. The van der Waals surface area contributed by atoms with Crippen LogP contribution in [0.15, 0.2) is 57.5 Å². The van der Waals surface area contributed by atoms with Crippen molar-refractivity contribution < 1.29 is 4.79 Å². The standard InChI is InChI=1S/C17H17Br2NO/c1-20(12-14-5-2-3-8-16(14)19)10-9-17(21)13-6-4-7-15(18)11-13/h2-8,11H,9-10,12H2,1H3. The van der Waals surface area contributed by atoms with Crippen LogP contribution >= 0.6 is 31.9 Å². The Balaban J connectivity index is 1.88. The predicted molar refractivity (Wildman–Crippen MR) is 93.6 cm³/mol. The molecule has 110 valence electrons. The average Bonchev–Trinajstić information content (AvgIpc) is 2.47. The molecule has 0 amide bonds. The van der Waals surface area contributed by atoms with Crippen molar-refractivity contribution in [2.24, 2.45) is 0 Å². The lowest BCUT2D eigenvalue weighted by atomic mass is 10.1. The summed E-state index contributed by atoms with van der Waals surface area (Å²) in [6.45, 7) is 1.57. The molecule has 2 rings (SSSR count). The minimum atomic E-state index is 0.176. The van der Waals surface area contributed by atoms with Crippen LogP contribution in [0.25, 0.3) is 0 Å². The Bertz CT molecular complexity index is 628. The molecule has 21 heavy (non-hydrogen) atoms. The van der Waals surface area contributed by atoms with Crippen molar-refractivity contribution in [3.63, 3.8) is 0 Å². The number of nitrogens with zero attached hydrogens (tertiary/aromatic N) is 1. The molecule has 0 aliphatic heterocycles. The van der Waals surface area contributed by atoms with Gasteiger partial charge >= 0.3 is 0 Å². The van der Waals surface area contributed by atoms with Gasteiger partial charge in [-0.3, -0.25) is 4.79 Å². The third-order valence-electron chi connectivity index (χ3n) is 3.27. The van der Waals surface area contributed by atoms with Crippen molar-refractivity contribution in [3.8, 4) is 0 Å². The van der Waals surface area contributed by atoms with Gasteiger partial charge in [-0.15, -0.1) is 0 Å². The minimum Gasteiger partial charge on any atom is -0.302 e. The van der Waals surface area contributed by atoms with Crippen molar-refractivity contribution in [1.29, 1.82) is 0 Å². The molecular formula is C17H17Br2NO. The molecule has 0 spiro atoms. The number of carbonyl (C=O) groups excluding carboxylic acids is 1. The fourth-order valence-corrected chi connectivity index (χ4v) is 2.90. The van der Waals surface area contributed by atoms with Crippen molar-refractivity contribution >= 4 is 37.6 Å². The van der Waals surface area contributed by atoms with E-state index in [0.717, 1.165) is 27.6 Å². The normalized spacial score (nSPS) is 10.9. The van der Waals surface area contributed by atoms with E-state index in [0.29, 0.717) is 6.42 Å². The number of carbonyl (C=O) groups is 1. The summed E-state index contributed by atoms with van der Waals surface area (Å²) in [5.74, 6) is 0.176. The van der Waals surface area contributed by atoms with Crippen LogP contribution in [0.4, 0.5) is 0 Å². The van der Waals surface area contributed by atoms with Gasteiger partial charge in [0.2, 0.25) is 0 Å². The molecule has 0 radical (unpaired) electrons. The first kappa shape index (κ1) is 16.4. The lowest BCUT2D eigenvalue weighted by Gasteiger charge is -2.17. The van der Waals surface area contributed by atoms with Crippen LogP contribution in [-0.2, 0) is 6.54 Å². The Labute approximate surface area is 142 Å². The molecule has 0 atom stereocenters. The summed E-state index contributed by atoms with van der Waals surface area (Å²) in [4.78, 5) is 14.3. The number of Topliss-reactive ketones (excluding diaryl/α,β-unsaturated/α-hetero) is 1. The average molecular weight is 411 g/mol. The Morgan fingerprint density at radius 2 is 1.86 bits per heavy atom. The second-order valence-corrected chi connectivity index (χ2v) is 6.78. The summed E-state index contributed by atoms with van der Waals surface area (Å²) in [6, 6.07) is 15.7. The SMILES string of the molecule is CN(CCC(=O)c1cccc(Br)c1)Cc1ccccc1Br. The molecule has 0 unspecified atom stereocenters. The fraction of sp³-hybridized carbons (Fsp3) is 0.235. The zero-order chi connectivity index (χ0) is 15.2. The number of hydrogen-bond acceptors (Lipinski definition) is 2. The van der Waals surface area contributed by atoms with Crippen molar-refractivity contribution in [3.05, 3.63) is 68.6 Å². The molecule has 0 aromatic heterocycles. The maximum Gasteiger partial charge on any atom is 0.164 e. The van der Waals surface area contributed by atoms with Gasteiger partial charge in [0.05, 0.1) is 0 Å². The molecule has 0 bridgehead atoms. The lowest BCUT2D eigenvalue weighted by molar-refractivity contribution is 0.0968. The van der Waals surface area contributed by atoms with Crippen LogP contribution in [0.2, 0.25) is 0 Å². The third kappa shape index (κ3) is 5.06. The smallest absolute Gasteiger partial charge is 0.164 e. The molecule has 2 aromatic carbocycles. The molecule has 2 nitrogen and oxygen atoms in total. The van der Waals surface area contributed by atoms with Crippen molar-refractivity contribution in [2.75, 3.05) is 13.6 Å². The van der Waals surface area contributed by atoms with E-state index in [1.807, 2.05) is 49.5 Å². The van der Waals surface area contributed by atoms with Gasteiger partial charge in [-0.25, -0.2) is 0 Å². The largest absolute Gasteiger partial charge is 0.302 e. The van der Waals surface area contributed by atoms with Crippen LogP contribution in [0, 0.1) is 0 Å². The molecule has 0 heterocycles. The highest BCUT2D eigenvalue weighted by Gasteiger charge is 2.09. The summed E-state index contributed by atoms with van der Waals surface area (Å²) < 4.78 is 2.05. The number of ketones is 1. The Kier molecular flexibility index (Phi) is 6.15. The van der Waals surface area contributed by atoms with Crippen LogP contribution in [-0.4, -0.2) is 24.3 Å². The highest BCUT2D eigenvalue weighted by molar-refractivity contribution is 9.10. The maximum absolute atomic E-state index is 12.2.